The zero-order valence-corrected chi connectivity index (χ0v) is 9.82. The van der Waals surface area contributed by atoms with Gasteiger partial charge in [-0.25, -0.2) is 9.59 Å². The van der Waals surface area contributed by atoms with E-state index in [4.69, 9.17) is 9.52 Å². The lowest BCUT2D eigenvalue weighted by Crippen LogP contribution is -2.41. The molecule has 0 spiro atoms. The van der Waals surface area contributed by atoms with Crippen LogP contribution < -0.4 is 5.32 Å². The smallest absolute Gasteiger partial charge is 0.406 e. The number of rotatable bonds is 4. The second-order valence-electron chi connectivity index (χ2n) is 3.70. The number of aromatic carboxylic acids is 1. The van der Waals surface area contributed by atoms with Crippen LogP contribution >= 0.6 is 0 Å². The number of hydrogen-bond acceptors (Lipinski definition) is 3. The number of carboxylic acids is 1. The van der Waals surface area contributed by atoms with Crippen molar-refractivity contribution in [2.75, 3.05) is 13.6 Å². The fourth-order valence-corrected chi connectivity index (χ4v) is 1.23. The maximum absolute atomic E-state index is 12.0. The molecule has 0 bridgehead atoms. The molecule has 0 atom stereocenters. The third-order valence-electron chi connectivity index (χ3n) is 2.05. The van der Waals surface area contributed by atoms with E-state index in [0.29, 0.717) is 4.90 Å². The summed E-state index contributed by atoms with van der Waals surface area (Å²) in [6.07, 6.45) is -4.48. The molecule has 0 aliphatic heterocycles. The highest BCUT2D eigenvalue weighted by Crippen LogP contribution is 2.15. The van der Waals surface area contributed by atoms with Gasteiger partial charge in [-0.1, -0.05) is 0 Å². The van der Waals surface area contributed by atoms with Crippen molar-refractivity contribution in [1.82, 2.24) is 10.2 Å². The molecule has 1 heterocycles. The number of halogens is 3. The van der Waals surface area contributed by atoms with Crippen molar-refractivity contribution in [1.29, 1.82) is 0 Å². The van der Waals surface area contributed by atoms with Crippen molar-refractivity contribution in [3.8, 4) is 0 Å². The van der Waals surface area contributed by atoms with Crippen LogP contribution in [0.2, 0.25) is 0 Å². The highest BCUT2D eigenvalue weighted by molar-refractivity contribution is 5.84. The van der Waals surface area contributed by atoms with E-state index in [-0.39, 0.29) is 18.1 Å². The number of nitrogens with one attached hydrogen (secondary N) is 1. The predicted octanol–water partition coefficient (Wildman–Crippen LogP) is 1.68. The lowest BCUT2D eigenvalue weighted by atomic mass is 10.4. The maximum atomic E-state index is 12.0. The minimum atomic E-state index is -4.48. The Morgan fingerprint density at radius 2 is 2.05 bits per heavy atom. The fourth-order valence-electron chi connectivity index (χ4n) is 1.23. The van der Waals surface area contributed by atoms with Gasteiger partial charge in [0, 0.05) is 7.05 Å². The van der Waals surface area contributed by atoms with Gasteiger partial charge in [0.2, 0.25) is 5.76 Å². The molecule has 106 valence electrons. The van der Waals surface area contributed by atoms with Crippen LogP contribution in [-0.4, -0.2) is 41.8 Å². The molecule has 0 saturated carbocycles. The fraction of sp³-hybridized carbons (Fsp3) is 0.400. The molecule has 0 saturated heterocycles. The number of carbonyl (C=O) groups is 2. The highest BCUT2D eigenvalue weighted by Gasteiger charge is 2.31. The Bertz CT molecular complexity index is 470. The van der Waals surface area contributed by atoms with Gasteiger partial charge in [-0.15, -0.1) is 0 Å². The Balaban J connectivity index is 2.47. The quantitative estimate of drug-likeness (QED) is 0.879. The Morgan fingerprint density at radius 3 is 2.53 bits per heavy atom. The molecule has 19 heavy (non-hydrogen) atoms. The third-order valence-corrected chi connectivity index (χ3v) is 2.05. The number of carboxylic acid groups (broad SMARTS) is 1. The Hall–Kier alpha value is -2.19. The van der Waals surface area contributed by atoms with E-state index in [1.807, 2.05) is 0 Å². The molecule has 6 nitrogen and oxygen atoms in total. The zero-order valence-electron chi connectivity index (χ0n) is 9.82. The van der Waals surface area contributed by atoms with Gasteiger partial charge in [-0.05, 0) is 12.1 Å². The zero-order chi connectivity index (χ0) is 14.6. The Labute approximate surface area is 105 Å². The largest absolute Gasteiger partial charge is 0.475 e. The number of amides is 2. The Morgan fingerprint density at radius 1 is 1.42 bits per heavy atom. The van der Waals surface area contributed by atoms with Crippen molar-refractivity contribution in [3.63, 3.8) is 0 Å². The lowest BCUT2D eigenvalue weighted by Gasteiger charge is -2.18. The minimum Gasteiger partial charge on any atom is -0.475 e. The first-order chi connectivity index (χ1) is 8.69. The van der Waals surface area contributed by atoms with Gasteiger partial charge in [-0.3, -0.25) is 0 Å². The Kier molecular flexibility index (Phi) is 4.41. The summed E-state index contributed by atoms with van der Waals surface area (Å²) < 4.78 is 40.9. The molecule has 1 aromatic rings. The summed E-state index contributed by atoms with van der Waals surface area (Å²) in [7, 11) is 0.994. The third kappa shape index (κ3) is 4.90. The van der Waals surface area contributed by atoms with Gasteiger partial charge in [0.15, 0.2) is 0 Å². The van der Waals surface area contributed by atoms with Crippen molar-refractivity contribution >= 4 is 12.0 Å². The van der Waals surface area contributed by atoms with Gasteiger partial charge >= 0.3 is 18.2 Å². The maximum Gasteiger partial charge on any atom is 0.406 e. The van der Waals surface area contributed by atoms with Crippen LogP contribution in [0.25, 0.3) is 0 Å². The molecule has 0 aliphatic rings. The second-order valence-corrected chi connectivity index (χ2v) is 3.70. The first-order valence-electron chi connectivity index (χ1n) is 5.07. The average molecular weight is 280 g/mol. The highest BCUT2D eigenvalue weighted by atomic mass is 19.4. The summed E-state index contributed by atoms with van der Waals surface area (Å²) in [5.41, 5.74) is 0. The monoisotopic (exact) mass is 280 g/mol. The number of nitrogens with zero attached hydrogens (tertiary/aromatic N) is 1. The number of carbonyl (C=O) groups excluding carboxylic acids is 1. The van der Waals surface area contributed by atoms with Crippen LogP contribution in [0.5, 0.6) is 0 Å². The van der Waals surface area contributed by atoms with E-state index in [1.54, 1.807) is 0 Å². The summed E-state index contributed by atoms with van der Waals surface area (Å²) in [5, 5.41) is 10.8. The van der Waals surface area contributed by atoms with Crippen LogP contribution in [0.4, 0.5) is 18.0 Å². The van der Waals surface area contributed by atoms with Gasteiger partial charge in [0.25, 0.3) is 0 Å². The standard InChI is InChI=1S/C10H11F3N2O4/c1-15(5-10(11,12)13)9(18)14-4-6-2-3-7(19-6)8(16)17/h2-3H,4-5H2,1H3,(H,14,18)(H,16,17). The van der Waals surface area contributed by atoms with Crippen molar-refractivity contribution < 1.29 is 32.3 Å². The molecule has 0 aromatic carbocycles. The van der Waals surface area contributed by atoms with Crippen LogP contribution in [0.15, 0.2) is 16.5 Å². The molecule has 0 aliphatic carbocycles. The van der Waals surface area contributed by atoms with Crippen LogP contribution in [0.1, 0.15) is 16.3 Å². The first-order valence-corrected chi connectivity index (χ1v) is 5.07. The first kappa shape index (κ1) is 14.9. The molecular weight excluding hydrogens is 269 g/mol. The van der Waals surface area contributed by atoms with Gasteiger partial charge < -0.3 is 19.7 Å². The number of hydrogen-bond donors (Lipinski definition) is 2. The van der Waals surface area contributed by atoms with E-state index >= 15 is 0 Å². The van der Waals surface area contributed by atoms with Crippen molar-refractivity contribution in [2.24, 2.45) is 0 Å². The van der Waals surface area contributed by atoms with E-state index in [9.17, 15) is 22.8 Å². The van der Waals surface area contributed by atoms with Crippen molar-refractivity contribution in [3.05, 3.63) is 23.7 Å². The molecule has 1 rings (SSSR count). The molecule has 1 aromatic heterocycles. The molecule has 0 unspecified atom stereocenters. The van der Waals surface area contributed by atoms with Gasteiger partial charge in [0.1, 0.15) is 12.3 Å². The average Bonchev–Trinajstić information content (AvgIpc) is 2.72. The van der Waals surface area contributed by atoms with E-state index < -0.39 is 24.7 Å². The second kappa shape index (κ2) is 5.63. The number of furan rings is 1. The van der Waals surface area contributed by atoms with E-state index in [2.05, 4.69) is 5.32 Å². The van der Waals surface area contributed by atoms with Gasteiger partial charge in [-0.2, -0.15) is 13.2 Å². The summed E-state index contributed by atoms with van der Waals surface area (Å²) in [5.74, 6) is -1.45. The summed E-state index contributed by atoms with van der Waals surface area (Å²) >= 11 is 0. The number of alkyl halides is 3. The SMILES string of the molecule is CN(CC(F)(F)F)C(=O)NCc1ccc(C(=O)O)o1. The van der Waals surface area contributed by atoms with Crippen molar-refractivity contribution in [2.45, 2.75) is 12.7 Å². The molecule has 2 amide bonds. The minimum absolute atomic E-state index is 0.131. The summed E-state index contributed by atoms with van der Waals surface area (Å²) in [6.45, 7) is -1.58. The van der Waals surface area contributed by atoms with E-state index in [0.717, 1.165) is 7.05 Å². The summed E-state index contributed by atoms with van der Waals surface area (Å²) in [4.78, 5) is 22.3. The predicted molar refractivity (Wildman–Crippen MR) is 56.6 cm³/mol. The van der Waals surface area contributed by atoms with Crippen LogP contribution in [0.3, 0.4) is 0 Å². The van der Waals surface area contributed by atoms with Crippen LogP contribution in [-0.2, 0) is 6.54 Å². The molecule has 0 radical (unpaired) electrons. The van der Waals surface area contributed by atoms with E-state index in [1.165, 1.54) is 12.1 Å². The number of urea groups is 1. The normalized spacial score (nSPS) is 11.2. The topological polar surface area (TPSA) is 82.8 Å². The van der Waals surface area contributed by atoms with Gasteiger partial charge in [0.05, 0.1) is 6.54 Å². The van der Waals surface area contributed by atoms with Crippen LogP contribution in [0, 0.1) is 0 Å². The lowest BCUT2D eigenvalue weighted by molar-refractivity contribution is -0.137. The summed E-state index contributed by atoms with van der Waals surface area (Å²) in [6, 6.07) is 1.56. The molecular formula is C10H11F3N2O4. The molecule has 2 N–H and O–H groups in total. The molecule has 9 heteroatoms. The molecule has 0 fully saturated rings.